The number of ether oxygens (including phenoxy) is 1. The van der Waals surface area contributed by atoms with Crippen LogP contribution in [0.1, 0.15) is 17.3 Å². The highest BCUT2D eigenvalue weighted by molar-refractivity contribution is 6.08. The van der Waals surface area contributed by atoms with E-state index in [1.54, 1.807) is 55.5 Å². The molecule has 96 valence electrons. The van der Waals surface area contributed by atoms with Crippen LogP contribution in [0.2, 0.25) is 0 Å². The number of rotatable bonds is 4. The van der Waals surface area contributed by atoms with E-state index in [2.05, 4.69) is 0 Å². The number of ketones is 1. The first-order valence-corrected chi connectivity index (χ1v) is 6.04. The molecule has 0 bridgehead atoms. The van der Waals surface area contributed by atoms with Crippen LogP contribution < -0.4 is 4.74 Å². The zero-order valence-corrected chi connectivity index (χ0v) is 10.6. The molecular weight excluding hydrogens is 240 g/mol. The van der Waals surface area contributed by atoms with Crippen molar-refractivity contribution >= 4 is 11.8 Å². The van der Waals surface area contributed by atoms with Crippen molar-refractivity contribution < 1.29 is 14.3 Å². The molecule has 0 spiro atoms. The van der Waals surface area contributed by atoms with E-state index in [1.807, 2.05) is 12.1 Å². The Morgan fingerprint density at radius 3 is 2.00 bits per heavy atom. The SMILES string of the molecule is CC(C(=O)Oc1ccccc1)C(=O)c1ccccc1. The van der Waals surface area contributed by atoms with E-state index in [0.717, 1.165) is 0 Å². The van der Waals surface area contributed by atoms with Crippen molar-refractivity contribution in [2.24, 2.45) is 5.92 Å². The summed E-state index contributed by atoms with van der Waals surface area (Å²) in [5.74, 6) is -1.15. The van der Waals surface area contributed by atoms with Crippen molar-refractivity contribution in [1.82, 2.24) is 0 Å². The van der Waals surface area contributed by atoms with E-state index in [1.165, 1.54) is 0 Å². The van der Waals surface area contributed by atoms with Gasteiger partial charge < -0.3 is 4.74 Å². The van der Waals surface area contributed by atoms with E-state index < -0.39 is 11.9 Å². The molecule has 2 aromatic rings. The van der Waals surface area contributed by atoms with Crippen molar-refractivity contribution in [1.29, 1.82) is 0 Å². The van der Waals surface area contributed by atoms with Gasteiger partial charge in [-0.25, -0.2) is 0 Å². The summed E-state index contributed by atoms with van der Waals surface area (Å²) in [6, 6.07) is 17.5. The number of Topliss-reactive ketones (excluding diaryl/α,β-unsaturated/α-hetero) is 1. The molecule has 1 unspecified atom stereocenters. The third kappa shape index (κ3) is 3.28. The van der Waals surface area contributed by atoms with Gasteiger partial charge in [0.2, 0.25) is 0 Å². The normalized spacial score (nSPS) is 11.6. The minimum Gasteiger partial charge on any atom is -0.426 e. The molecule has 0 radical (unpaired) electrons. The van der Waals surface area contributed by atoms with Gasteiger partial charge in [0.1, 0.15) is 11.7 Å². The quantitative estimate of drug-likeness (QED) is 0.364. The van der Waals surface area contributed by atoms with Gasteiger partial charge in [0.15, 0.2) is 5.78 Å². The number of hydrogen-bond acceptors (Lipinski definition) is 3. The smallest absolute Gasteiger partial charge is 0.321 e. The number of carbonyl (C=O) groups excluding carboxylic acids is 2. The summed E-state index contributed by atoms with van der Waals surface area (Å²) in [7, 11) is 0. The summed E-state index contributed by atoms with van der Waals surface area (Å²) in [5.41, 5.74) is 0.514. The Kier molecular flexibility index (Phi) is 4.08. The molecule has 2 rings (SSSR count). The molecule has 0 aliphatic carbocycles. The molecule has 3 heteroatoms. The highest BCUT2D eigenvalue weighted by Gasteiger charge is 2.24. The van der Waals surface area contributed by atoms with Crippen LogP contribution in [0.3, 0.4) is 0 Å². The summed E-state index contributed by atoms with van der Waals surface area (Å²) in [5, 5.41) is 0. The van der Waals surface area contributed by atoms with Crippen LogP contribution in [0.4, 0.5) is 0 Å². The molecule has 19 heavy (non-hydrogen) atoms. The van der Waals surface area contributed by atoms with E-state index >= 15 is 0 Å². The zero-order valence-electron chi connectivity index (χ0n) is 10.6. The maximum absolute atomic E-state index is 12.1. The Labute approximate surface area is 111 Å². The predicted molar refractivity (Wildman–Crippen MR) is 72.0 cm³/mol. The van der Waals surface area contributed by atoms with Gasteiger partial charge >= 0.3 is 5.97 Å². The van der Waals surface area contributed by atoms with Crippen molar-refractivity contribution in [2.45, 2.75) is 6.92 Å². The fourth-order valence-electron chi connectivity index (χ4n) is 1.65. The van der Waals surface area contributed by atoms with Gasteiger partial charge in [-0.3, -0.25) is 9.59 Å². The lowest BCUT2D eigenvalue weighted by atomic mass is 10.00. The minimum absolute atomic E-state index is 0.235. The molecule has 0 aromatic heterocycles. The Hall–Kier alpha value is -2.42. The van der Waals surface area contributed by atoms with Gasteiger partial charge in [-0.15, -0.1) is 0 Å². The second kappa shape index (κ2) is 5.96. The summed E-state index contributed by atoms with van der Waals surface area (Å²) in [6.45, 7) is 1.56. The van der Waals surface area contributed by atoms with Crippen LogP contribution in [-0.4, -0.2) is 11.8 Å². The first-order chi connectivity index (χ1) is 9.18. The van der Waals surface area contributed by atoms with Crippen LogP contribution in [0.25, 0.3) is 0 Å². The molecule has 0 aliphatic rings. The molecule has 0 heterocycles. The van der Waals surface area contributed by atoms with Crippen molar-refractivity contribution in [3.8, 4) is 5.75 Å². The fraction of sp³-hybridized carbons (Fsp3) is 0.125. The van der Waals surface area contributed by atoms with Gasteiger partial charge in [0.25, 0.3) is 0 Å². The monoisotopic (exact) mass is 254 g/mol. The molecule has 0 N–H and O–H groups in total. The summed E-state index contributed by atoms with van der Waals surface area (Å²) >= 11 is 0. The molecule has 3 nitrogen and oxygen atoms in total. The zero-order chi connectivity index (χ0) is 13.7. The van der Waals surface area contributed by atoms with Gasteiger partial charge in [-0.2, -0.15) is 0 Å². The maximum Gasteiger partial charge on any atom is 0.321 e. The lowest BCUT2D eigenvalue weighted by Crippen LogP contribution is -2.25. The van der Waals surface area contributed by atoms with Crippen LogP contribution in [0.5, 0.6) is 5.75 Å². The van der Waals surface area contributed by atoms with Gasteiger partial charge in [-0.05, 0) is 19.1 Å². The average Bonchev–Trinajstić information content (AvgIpc) is 2.47. The maximum atomic E-state index is 12.1. The molecule has 0 saturated carbocycles. The lowest BCUT2D eigenvalue weighted by Gasteiger charge is -2.10. The van der Waals surface area contributed by atoms with Crippen LogP contribution in [0, 0.1) is 5.92 Å². The van der Waals surface area contributed by atoms with Crippen LogP contribution >= 0.6 is 0 Å². The number of hydrogen-bond donors (Lipinski definition) is 0. The first kappa shape index (κ1) is 13.0. The van der Waals surface area contributed by atoms with E-state index in [4.69, 9.17) is 4.74 Å². The van der Waals surface area contributed by atoms with Gasteiger partial charge in [-0.1, -0.05) is 48.5 Å². The third-order valence-electron chi connectivity index (χ3n) is 2.77. The number of esters is 1. The van der Waals surface area contributed by atoms with Crippen LogP contribution in [0.15, 0.2) is 60.7 Å². The minimum atomic E-state index is -0.817. The fourth-order valence-corrected chi connectivity index (χ4v) is 1.65. The Balaban J connectivity index is 2.06. The van der Waals surface area contributed by atoms with Crippen molar-refractivity contribution in [3.63, 3.8) is 0 Å². The Morgan fingerprint density at radius 1 is 0.895 bits per heavy atom. The number of carbonyl (C=O) groups is 2. The van der Waals surface area contributed by atoms with Crippen molar-refractivity contribution in [3.05, 3.63) is 66.2 Å². The molecule has 1 atom stereocenters. The predicted octanol–water partition coefficient (Wildman–Crippen LogP) is 3.11. The second-order valence-electron chi connectivity index (χ2n) is 4.19. The molecular formula is C16H14O3. The molecule has 0 fully saturated rings. The van der Waals surface area contributed by atoms with Crippen molar-refractivity contribution in [2.75, 3.05) is 0 Å². The van der Waals surface area contributed by atoms with E-state index in [-0.39, 0.29) is 5.78 Å². The molecule has 0 aliphatic heterocycles. The average molecular weight is 254 g/mol. The Morgan fingerprint density at radius 2 is 1.42 bits per heavy atom. The largest absolute Gasteiger partial charge is 0.426 e. The topological polar surface area (TPSA) is 43.4 Å². The van der Waals surface area contributed by atoms with Gasteiger partial charge in [0, 0.05) is 5.56 Å². The standard InChI is InChI=1S/C16H14O3/c1-12(15(17)13-8-4-2-5-9-13)16(18)19-14-10-6-3-7-11-14/h2-12H,1H3. The summed E-state index contributed by atoms with van der Waals surface area (Å²) in [6.07, 6.45) is 0. The number of para-hydroxylation sites is 1. The first-order valence-electron chi connectivity index (χ1n) is 6.04. The summed E-state index contributed by atoms with van der Waals surface area (Å²) < 4.78 is 5.16. The molecule has 0 saturated heterocycles. The Bertz CT molecular complexity index is 561. The molecule has 0 amide bonds. The third-order valence-corrected chi connectivity index (χ3v) is 2.77. The highest BCUT2D eigenvalue weighted by Crippen LogP contribution is 2.14. The summed E-state index contributed by atoms with van der Waals surface area (Å²) in [4.78, 5) is 24.0. The lowest BCUT2D eigenvalue weighted by molar-refractivity contribution is -0.136. The molecule has 2 aromatic carbocycles. The van der Waals surface area contributed by atoms with E-state index in [0.29, 0.717) is 11.3 Å². The van der Waals surface area contributed by atoms with E-state index in [9.17, 15) is 9.59 Å². The van der Waals surface area contributed by atoms with Crippen LogP contribution in [-0.2, 0) is 4.79 Å². The van der Waals surface area contributed by atoms with Gasteiger partial charge in [0.05, 0.1) is 0 Å². The highest BCUT2D eigenvalue weighted by atomic mass is 16.5. The second-order valence-corrected chi connectivity index (χ2v) is 4.19. The number of benzene rings is 2.